The van der Waals surface area contributed by atoms with E-state index in [9.17, 15) is 5.11 Å². The third-order valence-corrected chi connectivity index (χ3v) is 6.49. The van der Waals surface area contributed by atoms with E-state index in [-0.39, 0.29) is 12.1 Å². The highest BCUT2D eigenvalue weighted by Crippen LogP contribution is 2.29. The summed E-state index contributed by atoms with van der Waals surface area (Å²) in [6.07, 6.45) is 2.72. The number of H-pyrrole nitrogens is 1. The van der Waals surface area contributed by atoms with Gasteiger partial charge in [0, 0.05) is 36.7 Å². The minimum atomic E-state index is -0.873. The Kier molecular flexibility index (Phi) is 6.20. The van der Waals surface area contributed by atoms with Crippen LogP contribution in [0.2, 0.25) is 5.02 Å². The molecule has 2 fully saturated rings. The zero-order valence-corrected chi connectivity index (χ0v) is 18.3. The first-order valence-corrected chi connectivity index (χ1v) is 10.9. The van der Waals surface area contributed by atoms with Crippen LogP contribution in [0.15, 0.2) is 24.3 Å². The summed E-state index contributed by atoms with van der Waals surface area (Å²) >= 11 is 6.05. The van der Waals surface area contributed by atoms with Crippen LogP contribution in [0, 0.1) is 0 Å². The van der Waals surface area contributed by atoms with Crippen molar-refractivity contribution in [3.63, 3.8) is 0 Å². The lowest BCUT2D eigenvalue weighted by Crippen LogP contribution is -2.61. The molecule has 0 saturated carbocycles. The maximum absolute atomic E-state index is 10.6. The minimum Gasteiger partial charge on any atom is -0.388 e. The Labute approximate surface area is 182 Å². The van der Waals surface area contributed by atoms with Gasteiger partial charge < -0.3 is 20.5 Å². The van der Waals surface area contributed by atoms with E-state index in [4.69, 9.17) is 22.1 Å². The lowest BCUT2D eigenvalue weighted by molar-refractivity contribution is -0.154. The van der Waals surface area contributed by atoms with E-state index in [1.165, 1.54) is 5.56 Å². The van der Waals surface area contributed by atoms with Crippen LogP contribution in [0.1, 0.15) is 32.3 Å². The molecule has 3 heterocycles. The van der Waals surface area contributed by atoms with Crippen LogP contribution < -0.4 is 10.6 Å². The maximum atomic E-state index is 10.6. The third-order valence-electron chi connectivity index (χ3n) is 6.23. The molecule has 2 saturated heterocycles. The minimum absolute atomic E-state index is 0.203. The van der Waals surface area contributed by atoms with Gasteiger partial charge in [-0.2, -0.15) is 0 Å². The normalized spacial score (nSPS) is 24.3. The number of ether oxygens (including phenoxy) is 1. The molecule has 4 N–H and O–H groups in total. The van der Waals surface area contributed by atoms with Gasteiger partial charge in [-0.25, -0.2) is 0 Å². The lowest BCUT2D eigenvalue weighted by Gasteiger charge is -2.48. The number of aromatic nitrogens is 3. The quantitative estimate of drug-likeness (QED) is 0.661. The molecular weight excluding hydrogens is 404 g/mol. The van der Waals surface area contributed by atoms with Gasteiger partial charge in [-0.15, -0.1) is 10.2 Å². The van der Waals surface area contributed by atoms with Gasteiger partial charge in [0.25, 0.3) is 0 Å². The highest BCUT2D eigenvalue weighted by atomic mass is 35.5. The average Bonchev–Trinajstić information content (AvgIpc) is 3.16. The van der Waals surface area contributed by atoms with Crippen molar-refractivity contribution in [2.75, 3.05) is 36.9 Å². The fourth-order valence-corrected chi connectivity index (χ4v) is 4.60. The maximum Gasteiger partial charge on any atom is 0.226 e. The van der Waals surface area contributed by atoms with Crippen molar-refractivity contribution in [2.24, 2.45) is 0 Å². The van der Waals surface area contributed by atoms with Gasteiger partial charge in [-0.1, -0.05) is 23.7 Å². The van der Waals surface area contributed by atoms with Gasteiger partial charge in [0.05, 0.1) is 18.3 Å². The second-order valence-electron chi connectivity index (χ2n) is 8.91. The third kappa shape index (κ3) is 4.88. The molecule has 2 aliphatic rings. The van der Waals surface area contributed by atoms with Crippen LogP contribution in [-0.2, 0) is 11.2 Å². The number of nitrogens with one attached hydrogen (secondary N) is 1. The smallest absolute Gasteiger partial charge is 0.226 e. The number of halogens is 1. The zero-order valence-electron chi connectivity index (χ0n) is 17.6. The molecular formula is C21H31ClN6O2. The zero-order chi connectivity index (χ0) is 21.3. The first-order valence-electron chi connectivity index (χ1n) is 10.6. The van der Waals surface area contributed by atoms with Crippen molar-refractivity contribution < 1.29 is 9.84 Å². The van der Waals surface area contributed by atoms with E-state index in [0.717, 1.165) is 49.9 Å². The number of rotatable bonds is 5. The number of benzene rings is 1. The Morgan fingerprint density at radius 1 is 1.23 bits per heavy atom. The summed E-state index contributed by atoms with van der Waals surface area (Å²) in [7, 11) is 0. The van der Waals surface area contributed by atoms with Gasteiger partial charge in [0.15, 0.2) is 0 Å². The lowest BCUT2D eigenvalue weighted by atomic mass is 9.92. The SMILES string of the molecule is CC(C)(O)C1CN(C2CCN(c3nnc(N)[nH]3)CC2)C(Cc2ccc(Cl)cc2)CO1. The van der Waals surface area contributed by atoms with Crippen molar-refractivity contribution >= 4 is 23.5 Å². The van der Waals surface area contributed by atoms with Crippen LogP contribution in [0.3, 0.4) is 0 Å². The average molecular weight is 435 g/mol. The molecule has 2 aliphatic heterocycles. The topological polar surface area (TPSA) is 104 Å². The number of hydrogen-bond donors (Lipinski definition) is 3. The first-order chi connectivity index (χ1) is 14.3. The van der Waals surface area contributed by atoms with Gasteiger partial charge in [0.1, 0.15) is 0 Å². The molecule has 164 valence electrons. The molecule has 0 amide bonds. The summed E-state index contributed by atoms with van der Waals surface area (Å²) in [5.41, 5.74) is 6.05. The van der Waals surface area contributed by atoms with Crippen LogP contribution >= 0.6 is 11.6 Å². The Balaban J connectivity index is 1.46. The fraction of sp³-hybridized carbons (Fsp3) is 0.619. The Morgan fingerprint density at radius 3 is 2.53 bits per heavy atom. The number of piperidine rings is 1. The molecule has 30 heavy (non-hydrogen) atoms. The molecule has 2 unspecified atom stereocenters. The largest absolute Gasteiger partial charge is 0.388 e. The van der Waals surface area contributed by atoms with E-state index >= 15 is 0 Å². The molecule has 0 spiro atoms. The van der Waals surface area contributed by atoms with E-state index in [1.807, 2.05) is 26.0 Å². The predicted molar refractivity (Wildman–Crippen MR) is 118 cm³/mol. The summed E-state index contributed by atoms with van der Waals surface area (Å²) in [5.74, 6) is 1.08. The van der Waals surface area contributed by atoms with Crippen molar-refractivity contribution in [1.29, 1.82) is 0 Å². The summed E-state index contributed by atoms with van der Waals surface area (Å²) < 4.78 is 6.10. The molecule has 0 aliphatic carbocycles. The number of aliphatic hydroxyl groups is 1. The molecule has 2 atom stereocenters. The summed E-state index contributed by atoms with van der Waals surface area (Å²) in [6.45, 7) is 6.76. The summed E-state index contributed by atoms with van der Waals surface area (Å²) in [5, 5.41) is 19.3. The standard InChI is InChI=1S/C21H31ClN6O2/c1-21(2,29)18-12-28(17(13-30-18)11-14-3-5-15(22)6-4-14)16-7-9-27(10-8-16)20-24-19(23)25-26-20/h3-6,16-18,29H,7-13H2,1-2H3,(H3,23,24,25,26). The Bertz CT molecular complexity index is 829. The van der Waals surface area contributed by atoms with E-state index < -0.39 is 5.60 Å². The number of nitrogens with zero attached hydrogens (tertiary/aromatic N) is 4. The summed E-state index contributed by atoms with van der Waals surface area (Å²) in [6, 6.07) is 8.73. The molecule has 8 nitrogen and oxygen atoms in total. The summed E-state index contributed by atoms with van der Waals surface area (Å²) in [4.78, 5) is 7.76. The van der Waals surface area contributed by atoms with Gasteiger partial charge in [0.2, 0.25) is 11.9 Å². The predicted octanol–water partition coefficient (Wildman–Crippen LogP) is 2.09. The van der Waals surface area contributed by atoms with Gasteiger partial charge in [-0.05, 0) is 50.8 Å². The second-order valence-corrected chi connectivity index (χ2v) is 9.35. The number of nitrogens with two attached hydrogens (primary N) is 1. The van der Waals surface area contributed by atoms with E-state index in [1.54, 1.807) is 0 Å². The molecule has 0 radical (unpaired) electrons. The molecule has 1 aromatic heterocycles. The second kappa shape index (κ2) is 8.70. The van der Waals surface area contributed by atoms with Crippen molar-refractivity contribution in [3.8, 4) is 0 Å². The monoisotopic (exact) mass is 434 g/mol. The van der Waals surface area contributed by atoms with Crippen LogP contribution in [0.5, 0.6) is 0 Å². The molecule has 9 heteroatoms. The first kappa shape index (κ1) is 21.4. The molecule has 0 bridgehead atoms. The molecule has 1 aromatic carbocycles. The number of hydrogen-bond acceptors (Lipinski definition) is 7. The van der Waals surface area contributed by atoms with Gasteiger partial charge >= 0.3 is 0 Å². The molecule has 4 rings (SSSR count). The number of nitrogen functional groups attached to an aromatic ring is 1. The van der Waals surface area contributed by atoms with E-state index in [0.29, 0.717) is 18.6 Å². The van der Waals surface area contributed by atoms with Crippen LogP contribution in [0.25, 0.3) is 0 Å². The Morgan fingerprint density at radius 2 is 1.93 bits per heavy atom. The molecule has 2 aromatic rings. The van der Waals surface area contributed by atoms with Crippen LogP contribution in [0.4, 0.5) is 11.9 Å². The van der Waals surface area contributed by atoms with Crippen LogP contribution in [-0.4, -0.2) is 75.2 Å². The van der Waals surface area contributed by atoms with E-state index in [2.05, 4.69) is 37.1 Å². The highest BCUT2D eigenvalue weighted by Gasteiger charge is 2.40. The number of morpholine rings is 1. The number of aromatic amines is 1. The highest BCUT2D eigenvalue weighted by molar-refractivity contribution is 6.30. The fourth-order valence-electron chi connectivity index (χ4n) is 4.48. The van der Waals surface area contributed by atoms with Crippen molar-refractivity contribution in [3.05, 3.63) is 34.9 Å². The number of anilines is 2. The van der Waals surface area contributed by atoms with Gasteiger partial charge in [-0.3, -0.25) is 9.88 Å². The van der Waals surface area contributed by atoms with Crippen molar-refractivity contribution in [2.45, 2.75) is 56.9 Å². The Hall–Kier alpha value is -1.87. The van der Waals surface area contributed by atoms with Crippen molar-refractivity contribution in [1.82, 2.24) is 20.1 Å².